The number of hydrogen-bond donors (Lipinski definition) is 2. The lowest BCUT2D eigenvalue weighted by Gasteiger charge is -2.08. The summed E-state index contributed by atoms with van der Waals surface area (Å²) in [5.41, 5.74) is 9.12. The molecule has 2 aromatic carbocycles. The standard InChI is InChI=1S/C18H20N2O2S/c1-12-6-7-16(13(2)8-12)23-11-14-4-3-5-15(9-14)18(22)20-10-17(19)21/h3-9H,10-11H2,1-2H3,(H2,19,21)(H,20,22). The smallest absolute Gasteiger partial charge is 0.251 e. The summed E-state index contributed by atoms with van der Waals surface area (Å²) in [6, 6.07) is 13.8. The van der Waals surface area contributed by atoms with Crippen LogP contribution < -0.4 is 11.1 Å². The summed E-state index contributed by atoms with van der Waals surface area (Å²) in [4.78, 5) is 23.9. The van der Waals surface area contributed by atoms with Gasteiger partial charge in [-0.05, 0) is 43.2 Å². The van der Waals surface area contributed by atoms with Crippen molar-refractivity contribution in [2.24, 2.45) is 5.73 Å². The van der Waals surface area contributed by atoms with E-state index in [9.17, 15) is 9.59 Å². The van der Waals surface area contributed by atoms with Crippen molar-refractivity contribution in [3.05, 3.63) is 64.7 Å². The molecule has 0 bridgehead atoms. The van der Waals surface area contributed by atoms with Crippen LogP contribution >= 0.6 is 11.8 Å². The molecule has 0 heterocycles. The molecule has 0 aliphatic carbocycles. The summed E-state index contributed by atoms with van der Waals surface area (Å²) in [5.74, 6) is -0.0667. The Hall–Kier alpha value is -2.27. The molecule has 0 aliphatic heterocycles. The van der Waals surface area contributed by atoms with E-state index in [1.54, 1.807) is 17.8 Å². The van der Waals surface area contributed by atoms with E-state index in [2.05, 4.69) is 37.4 Å². The molecule has 0 radical (unpaired) electrons. The zero-order chi connectivity index (χ0) is 16.8. The maximum absolute atomic E-state index is 11.9. The molecular weight excluding hydrogens is 308 g/mol. The Kier molecular flexibility index (Phi) is 5.82. The molecule has 3 N–H and O–H groups in total. The van der Waals surface area contributed by atoms with E-state index in [0.29, 0.717) is 5.56 Å². The maximum atomic E-state index is 11.9. The van der Waals surface area contributed by atoms with Crippen LogP contribution in [0.3, 0.4) is 0 Å². The normalized spacial score (nSPS) is 10.3. The molecule has 2 aromatic rings. The quantitative estimate of drug-likeness (QED) is 0.801. The highest BCUT2D eigenvalue weighted by molar-refractivity contribution is 7.98. The molecule has 0 aromatic heterocycles. The molecule has 2 rings (SSSR count). The zero-order valence-corrected chi connectivity index (χ0v) is 14.1. The summed E-state index contributed by atoms with van der Waals surface area (Å²) >= 11 is 1.74. The summed E-state index contributed by atoms with van der Waals surface area (Å²) in [7, 11) is 0. The first kappa shape index (κ1) is 17.1. The van der Waals surface area contributed by atoms with Crippen LogP contribution in [0, 0.1) is 13.8 Å². The molecule has 0 atom stereocenters. The van der Waals surface area contributed by atoms with E-state index in [0.717, 1.165) is 11.3 Å². The van der Waals surface area contributed by atoms with Gasteiger partial charge in [-0.15, -0.1) is 11.8 Å². The van der Waals surface area contributed by atoms with E-state index >= 15 is 0 Å². The number of benzene rings is 2. The van der Waals surface area contributed by atoms with E-state index < -0.39 is 5.91 Å². The van der Waals surface area contributed by atoms with Gasteiger partial charge in [0.2, 0.25) is 5.91 Å². The van der Waals surface area contributed by atoms with Gasteiger partial charge in [-0.1, -0.05) is 29.8 Å². The van der Waals surface area contributed by atoms with Gasteiger partial charge < -0.3 is 11.1 Å². The number of primary amides is 1. The SMILES string of the molecule is Cc1ccc(SCc2cccc(C(=O)NCC(N)=O)c2)c(C)c1. The third kappa shape index (κ3) is 5.14. The van der Waals surface area contributed by atoms with Gasteiger partial charge >= 0.3 is 0 Å². The lowest BCUT2D eigenvalue weighted by Crippen LogP contribution is -2.33. The topological polar surface area (TPSA) is 72.2 Å². The number of carbonyl (C=O) groups excluding carboxylic acids is 2. The van der Waals surface area contributed by atoms with Gasteiger partial charge in [0, 0.05) is 16.2 Å². The average Bonchev–Trinajstić information content (AvgIpc) is 2.52. The van der Waals surface area contributed by atoms with E-state index in [1.807, 2.05) is 18.2 Å². The van der Waals surface area contributed by atoms with Crippen LogP contribution in [0.5, 0.6) is 0 Å². The van der Waals surface area contributed by atoms with Gasteiger partial charge in [-0.25, -0.2) is 0 Å². The molecule has 5 heteroatoms. The first-order chi connectivity index (χ1) is 11.0. The minimum Gasteiger partial charge on any atom is -0.368 e. The van der Waals surface area contributed by atoms with Gasteiger partial charge in [0.05, 0.1) is 6.54 Å². The predicted molar refractivity (Wildman–Crippen MR) is 93.4 cm³/mol. The number of rotatable bonds is 6. The van der Waals surface area contributed by atoms with Crippen LogP contribution in [-0.2, 0) is 10.5 Å². The van der Waals surface area contributed by atoms with Crippen molar-refractivity contribution in [1.82, 2.24) is 5.32 Å². The Morgan fingerprint density at radius 1 is 1.13 bits per heavy atom. The van der Waals surface area contributed by atoms with Crippen LogP contribution in [0.2, 0.25) is 0 Å². The van der Waals surface area contributed by atoms with Crippen molar-refractivity contribution in [3.63, 3.8) is 0 Å². The Morgan fingerprint density at radius 2 is 1.91 bits per heavy atom. The van der Waals surface area contributed by atoms with E-state index in [-0.39, 0.29) is 12.5 Å². The minimum absolute atomic E-state index is 0.152. The summed E-state index contributed by atoms with van der Waals surface area (Å²) in [6.45, 7) is 4.03. The number of aryl methyl sites for hydroxylation is 2. The van der Waals surface area contributed by atoms with Crippen molar-refractivity contribution >= 4 is 23.6 Å². The molecule has 0 saturated carbocycles. The number of carbonyl (C=O) groups is 2. The van der Waals surface area contributed by atoms with Gasteiger partial charge in [0.1, 0.15) is 0 Å². The third-order valence-electron chi connectivity index (χ3n) is 3.34. The average molecular weight is 328 g/mol. The monoisotopic (exact) mass is 328 g/mol. The minimum atomic E-state index is -0.556. The van der Waals surface area contributed by atoms with Crippen molar-refractivity contribution < 1.29 is 9.59 Å². The van der Waals surface area contributed by atoms with Crippen LogP contribution in [0.15, 0.2) is 47.4 Å². The Labute approximate surface area is 140 Å². The lowest BCUT2D eigenvalue weighted by atomic mass is 10.1. The number of nitrogens with two attached hydrogens (primary N) is 1. The van der Waals surface area contributed by atoms with Crippen molar-refractivity contribution in [2.75, 3.05) is 6.54 Å². The number of amides is 2. The van der Waals surface area contributed by atoms with Crippen LogP contribution in [0.4, 0.5) is 0 Å². The van der Waals surface area contributed by atoms with Crippen LogP contribution in [0.1, 0.15) is 27.0 Å². The first-order valence-corrected chi connectivity index (χ1v) is 8.30. The van der Waals surface area contributed by atoms with Crippen molar-refractivity contribution in [1.29, 1.82) is 0 Å². The molecule has 4 nitrogen and oxygen atoms in total. The third-order valence-corrected chi connectivity index (χ3v) is 4.58. The Bertz CT molecular complexity index is 729. The van der Waals surface area contributed by atoms with Gasteiger partial charge in [-0.3, -0.25) is 9.59 Å². The van der Waals surface area contributed by atoms with Crippen molar-refractivity contribution in [2.45, 2.75) is 24.5 Å². The molecule has 120 valence electrons. The second-order valence-corrected chi connectivity index (χ2v) is 6.42. The van der Waals surface area contributed by atoms with Crippen LogP contribution in [-0.4, -0.2) is 18.4 Å². The summed E-state index contributed by atoms with van der Waals surface area (Å²) < 4.78 is 0. The first-order valence-electron chi connectivity index (χ1n) is 7.31. The second-order valence-electron chi connectivity index (χ2n) is 5.41. The lowest BCUT2D eigenvalue weighted by molar-refractivity contribution is -0.117. The molecule has 0 fully saturated rings. The largest absolute Gasteiger partial charge is 0.368 e. The molecule has 0 spiro atoms. The molecule has 2 amide bonds. The van der Waals surface area contributed by atoms with E-state index in [4.69, 9.17) is 5.73 Å². The van der Waals surface area contributed by atoms with Crippen molar-refractivity contribution in [3.8, 4) is 0 Å². The Balaban J connectivity index is 2.02. The second kappa shape index (κ2) is 7.83. The Morgan fingerprint density at radius 3 is 2.61 bits per heavy atom. The van der Waals surface area contributed by atoms with Gasteiger partial charge in [0.15, 0.2) is 0 Å². The maximum Gasteiger partial charge on any atom is 0.251 e. The summed E-state index contributed by atoms with van der Waals surface area (Å²) in [5, 5.41) is 2.49. The fraction of sp³-hybridized carbons (Fsp3) is 0.222. The fourth-order valence-electron chi connectivity index (χ4n) is 2.19. The molecular formula is C18H20N2O2S. The molecule has 23 heavy (non-hydrogen) atoms. The highest BCUT2D eigenvalue weighted by atomic mass is 32.2. The number of nitrogens with one attached hydrogen (secondary N) is 1. The highest BCUT2D eigenvalue weighted by Gasteiger charge is 2.07. The molecule has 0 saturated heterocycles. The molecule has 0 aliphatic rings. The number of hydrogen-bond acceptors (Lipinski definition) is 3. The predicted octanol–water partition coefficient (Wildman–Crippen LogP) is 2.81. The zero-order valence-electron chi connectivity index (χ0n) is 13.3. The highest BCUT2D eigenvalue weighted by Crippen LogP contribution is 2.26. The molecule has 0 unspecified atom stereocenters. The van der Waals surface area contributed by atoms with Gasteiger partial charge in [-0.2, -0.15) is 0 Å². The fourth-order valence-corrected chi connectivity index (χ4v) is 3.15. The summed E-state index contributed by atoms with van der Waals surface area (Å²) in [6.07, 6.45) is 0. The van der Waals surface area contributed by atoms with Crippen LogP contribution in [0.25, 0.3) is 0 Å². The van der Waals surface area contributed by atoms with Gasteiger partial charge in [0.25, 0.3) is 5.91 Å². The van der Waals surface area contributed by atoms with E-state index in [1.165, 1.54) is 16.0 Å². The number of thioether (sulfide) groups is 1.